The molecule has 4 N–H and O–H groups in total. The van der Waals surface area contributed by atoms with Crippen LogP contribution < -0.4 is 16.0 Å². The number of ether oxygens (including phenoxy) is 1. The molecule has 0 aromatic heterocycles. The molecule has 13 heteroatoms. The molecule has 1 aliphatic rings. The molecule has 34 heavy (non-hydrogen) atoms. The van der Waals surface area contributed by atoms with E-state index in [0.717, 1.165) is 7.11 Å². The number of esters is 1. The number of methoxy groups -OCH3 is 1. The molecule has 1 fully saturated rings. The van der Waals surface area contributed by atoms with Crippen molar-refractivity contribution in [3.63, 3.8) is 0 Å². The van der Waals surface area contributed by atoms with Crippen molar-refractivity contribution in [2.75, 3.05) is 12.4 Å². The van der Waals surface area contributed by atoms with Crippen molar-refractivity contribution >= 4 is 41.0 Å². The smallest absolute Gasteiger partial charge is 0.389 e. The number of carbonyl (C=O) groups is 4. The fourth-order valence-electron chi connectivity index (χ4n) is 3.54. The second-order valence-electron chi connectivity index (χ2n) is 7.98. The molecule has 0 saturated carbocycles. The summed E-state index contributed by atoms with van der Waals surface area (Å²) in [7, 11) is 1.04. The highest BCUT2D eigenvalue weighted by molar-refractivity contribution is 6.31. The Morgan fingerprint density at radius 2 is 2.00 bits per heavy atom. The number of benzene rings is 1. The van der Waals surface area contributed by atoms with Crippen molar-refractivity contribution in [2.45, 2.75) is 57.0 Å². The monoisotopic (exact) mass is 507 g/mol. The standard InChI is InChI=1S/C21H25ClF3N3O6/c1-10-7-11(18(31)26-10)8-15(17(30)20(33)34-2)28-19(32)13-9-12(22)3-4-14(13)27-16(29)5-6-21(23,24)25/h3-4,9-11,15,17,30H,5-8H2,1-2H3,(H,26,31)(H,27,29)(H,28,32)/t10-,11+,15+,17?/m1/s1. The van der Waals surface area contributed by atoms with E-state index in [0.29, 0.717) is 6.42 Å². The number of alkyl halides is 3. The first-order chi connectivity index (χ1) is 15.8. The van der Waals surface area contributed by atoms with E-state index in [1.165, 1.54) is 18.2 Å². The Labute approximate surface area is 198 Å². The lowest BCUT2D eigenvalue weighted by atomic mass is 9.93. The number of hydrogen-bond acceptors (Lipinski definition) is 6. The van der Waals surface area contributed by atoms with Crippen LogP contribution in [0.5, 0.6) is 0 Å². The first-order valence-corrected chi connectivity index (χ1v) is 10.7. The van der Waals surface area contributed by atoms with Gasteiger partial charge >= 0.3 is 12.1 Å². The summed E-state index contributed by atoms with van der Waals surface area (Å²) in [5.41, 5.74) is -0.327. The molecule has 1 aromatic carbocycles. The Morgan fingerprint density at radius 1 is 1.32 bits per heavy atom. The minimum absolute atomic E-state index is 0.0903. The quantitative estimate of drug-likeness (QED) is 0.378. The topological polar surface area (TPSA) is 134 Å². The second kappa shape index (κ2) is 11.5. The van der Waals surface area contributed by atoms with Crippen LogP contribution in [0.1, 0.15) is 43.0 Å². The molecular weight excluding hydrogens is 483 g/mol. The van der Waals surface area contributed by atoms with Crippen LogP contribution in [-0.4, -0.2) is 60.3 Å². The predicted molar refractivity (Wildman–Crippen MR) is 115 cm³/mol. The molecule has 1 aromatic rings. The van der Waals surface area contributed by atoms with Crippen LogP contribution in [-0.2, 0) is 19.1 Å². The molecule has 2 rings (SSSR count). The SMILES string of the molecule is COC(=O)C(O)[C@H](C[C@@H]1C[C@@H](C)NC1=O)NC(=O)c1cc(Cl)ccc1NC(=O)CCC(F)(F)F. The van der Waals surface area contributed by atoms with Gasteiger partial charge in [0.15, 0.2) is 6.10 Å². The van der Waals surface area contributed by atoms with Gasteiger partial charge in [0.2, 0.25) is 11.8 Å². The van der Waals surface area contributed by atoms with E-state index in [4.69, 9.17) is 11.6 Å². The van der Waals surface area contributed by atoms with E-state index < -0.39 is 54.9 Å². The number of amides is 3. The van der Waals surface area contributed by atoms with Crippen LogP contribution in [0.15, 0.2) is 18.2 Å². The Bertz CT molecular complexity index is 943. The summed E-state index contributed by atoms with van der Waals surface area (Å²) in [4.78, 5) is 49.0. The summed E-state index contributed by atoms with van der Waals surface area (Å²) in [5.74, 6) is -3.79. The van der Waals surface area contributed by atoms with Crippen LogP contribution in [0, 0.1) is 5.92 Å². The first kappa shape index (κ1) is 27.4. The second-order valence-corrected chi connectivity index (χ2v) is 8.42. The molecule has 3 amide bonds. The van der Waals surface area contributed by atoms with Crippen molar-refractivity contribution in [3.8, 4) is 0 Å². The van der Waals surface area contributed by atoms with Crippen LogP contribution in [0.4, 0.5) is 18.9 Å². The number of aliphatic hydroxyl groups excluding tert-OH is 1. The van der Waals surface area contributed by atoms with E-state index in [1.807, 2.05) is 0 Å². The summed E-state index contributed by atoms with van der Waals surface area (Å²) >= 11 is 5.95. The fraction of sp³-hybridized carbons (Fsp3) is 0.524. The van der Waals surface area contributed by atoms with E-state index >= 15 is 0 Å². The Balaban J connectivity index is 2.23. The molecule has 188 valence electrons. The third-order valence-electron chi connectivity index (χ3n) is 5.21. The van der Waals surface area contributed by atoms with Gasteiger partial charge in [-0.05, 0) is 38.0 Å². The van der Waals surface area contributed by atoms with Crippen molar-refractivity contribution in [1.82, 2.24) is 10.6 Å². The van der Waals surface area contributed by atoms with Gasteiger partial charge in [-0.25, -0.2) is 4.79 Å². The van der Waals surface area contributed by atoms with E-state index in [1.54, 1.807) is 6.92 Å². The van der Waals surface area contributed by atoms with Gasteiger partial charge in [-0.15, -0.1) is 0 Å². The van der Waals surface area contributed by atoms with Gasteiger partial charge in [-0.3, -0.25) is 14.4 Å². The largest absolute Gasteiger partial charge is 0.467 e. The zero-order valence-electron chi connectivity index (χ0n) is 18.4. The molecule has 0 bridgehead atoms. The predicted octanol–water partition coefficient (Wildman–Crippen LogP) is 2.17. The average molecular weight is 508 g/mol. The highest BCUT2D eigenvalue weighted by Crippen LogP contribution is 2.26. The Hall–Kier alpha value is -2.86. The van der Waals surface area contributed by atoms with E-state index in [-0.39, 0.29) is 34.6 Å². The minimum Gasteiger partial charge on any atom is -0.467 e. The van der Waals surface area contributed by atoms with Gasteiger partial charge in [-0.1, -0.05) is 11.6 Å². The van der Waals surface area contributed by atoms with Gasteiger partial charge in [0.05, 0.1) is 30.8 Å². The van der Waals surface area contributed by atoms with Gasteiger partial charge in [0.25, 0.3) is 5.91 Å². The average Bonchev–Trinajstić information content (AvgIpc) is 3.07. The zero-order valence-corrected chi connectivity index (χ0v) is 19.1. The normalized spacial score (nSPS) is 19.7. The van der Waals surface area contributed by atoms with Gasteiger partial charge < -0.3 is 25.8 Å². The number of aliphatic hydroxyl groups is 1. The van der Waals surface area contributed by atoms with Gasteiger partial charge in [-0.2, -0.15) is 13.2 Å². The van der Waals surface area contributed by atoms with Crippen LogP contribution >= 0.6 is 11.6 Å². The molecule has 9 nitrogen and oxygen atoms in total. The summed E-state index contributed by atoms with van der Waals surface area (Å²) in [6, 6.07) is 2.36. The van der Waals surface area contributed by atoms with Crippen molar-refractivity contribution in [2.24, 2.45) is 5.92 Å². The highest BCUT2D eigenvalue weighted by atomic mass is 35.5. The maximum absolute atomic E-state index is 13.0. The minimum atomic E-state index is -4.53. The van der Waals surface area contributed by atoms with Crippen LogP contribution in [0.3, 0.4) is 0 Å². The number of halogens is 4. The highest BCUT2D eigenvalue weighted by Gasteiger charge is 2.37. The molecule has 4 atom stereocenters. The zero-order chi connectivity index (χ0) is 25.6. The third-order valence-corrected chi connectivity index (χ3v) is 5.45. The fourth-order valence-corrected chi connectivity index (χ4v) is 3.71. The lowest BCUT2D eigenvalue weighted by molar-refractivity contribution is -0.152. The van der Waals surface area contributed by atoms with Crippen molar-refractivity contribution in [3.05, 3.63) is 28.8 Å². The third kappa shape index (κ3) is 7.87. The number of hydrogen-bond donors (Lipinski definition) is 4. The summed E-state index contributed by atoms with van der Waals surface area (Å²) in [6.45, 7) is 1.78. The lowest BCUT2D eigenvalue weighted by Gasteiger charge is -2.25. The van der Waals surface area contributed by atoms with Gasteiger partial charge in [0, 0.05) is 23.4 Å². The number of carbonyl (C=O) groups excluding carboxylic acids is 4. The maximum atomic E-state index is 13.0. The van der Waals surface area contributed by atoms with Crippen LogP contribution in [0.25, 0.3) is 0 Å². The molecule has 1 saturated heterocycles. The number of anilines is 1. The molecule has 0 radical (unpaired) electrons. The number of nitrogens with one attached hydrogen (secondary N) is 3. The first-order valence-electron chi connectivity index (χ1n) is 10.3. The summed E-state index contributed by atoms with van der Waals surface area (Å²) < 4.78 is 41.7. The summed E-state index contributed by atoms with van der Waals surface area (Å²) in [6.07, 6.45) is -8.21. The van der Waals surface area contributed by atoms with E-state index in [2.05, 4.69) is 20.7 Å². The van der Waals surface area contributed by atoms with Crippen molar-refractivity contribution < 1.29 is 42.2 Å². The Morgan fingerprint density at radius 3 is 2.56 bits per heavy atom. The van der Waals surface area contributed by atoms with Gasteiger partial charge in [0.1, 0.15) is 0 Å². The lowest BCUT2D eigenvalue weighted by Crippen LogP contribution is -2.49. The molecule has 1 aliphatic heterocycles. The summed E-state index contributed by atoms with van der Waals surface area (Å²) in [5, 5.41) is 17.9. The van der Waals surface area contributed by atoms with Crippen LogP contribution in [0.2, 0.25) is 5.02 Å². The maximum Gasteiger partial charge on any atom is 0.389 e. The molecule has 1 heterocycles. The molecule has 0 aliphatic carbocycles. The Kier molecular flexibility index (Phi) is 9.28. The molecule has 1 unspecified atom stereocenters. The number of rotatable bonds is 9. The van der Waals surface area contributed by atoms with E-state index in [9.17, 15) is 37.5 Å². The molecular formula is C21H25ClF3N3O6. The molecule has 0 spiro atoms. The van der Waals surface area contributed by atoms with Crippen molar-refractivity contribution in [1.29, 1.82) is 0 Å².